The van der Waals surface area contributed by atoms with Gasteiger partial charge in [-0.1, -0.05) is 55.2 Å². The molecule has 27 heavy (non-hydrogen) atoms. The van der Waals surface area contributed by atoms with Crippen LogP contribution >= 0.6 is 23.2 Å². The standard InChI is InChI=1S/C21H20Cl2N2O2/c1-4-25-20(26)18(16-10-7-14(22)11-17(16)23)19(21(25)27)24-15-8-5-13(6-9-15)12(2)3/h5-12,24H,4H2,1-3H3. The number of nitrogens with one attached hydrogen (secondary N) is 1. The Kier molecular flexibility index (Phi) is 5.59. The first-order valence-electron chi connectivity index (χ1n) is 8.76. The van der Waals surface area contributed by atoms with E-state index in [1.54, 1.807) is 25.1 Å². The fourth-order valence-electron chi connectivity index (χ4n) is 3.02. The molecular weight excluding hydrogens is 383 g/mol. The topological polar surface area (TPSA) is 49.4 Å². The van der Waals surface area contributed by atoms with Gasteiger partial charge in [-0.3, -0.25) is 14.5 Å². The Morgan fingerprint density at radius 3 is 2.22 bits per heavy atom. The Morgan fingerprint density at radius 2 is 1.67 bits per heavy atom. The van der Waals surface area contributed by atoms with E-state index < -0.39 is 0 Å². The van der Waals surface area contributed by atoms with Gasteiger partial charge in [-0.05, 0) is 42.7 Å². The van der Waals surface area contributed by atoms with Crippen LogP contribution in [-0.2, 0) is 9.59 Å². The number of carbonyl (C=O) groups is 2. The minimum Gasteiger partial charge on any atom is -0.350 e. The lowest BCUT2D eigenvalue weighted by Crippen LogP contribution is -2.32. The number of imide groups is 1. The minimum atomic E-state index is -0.368. The van der Waals surface area contributed by atoms with Crippen molar-refractivity contribution in [2.45, 2.75) is 26.7 Å². The van der Waals surface area contributed by atoms with Gasteiger partial charge in [-0.25, -0.2) is 0 Å². The number of likely N-dealkylation sites (N-methyl/N-ethyl adjacent to an activating group) is 1. The summed E-state index contributed by atoms with van der Waals surface area (Å²) >= 11 is 12.3. The smallest absolute Gasteiger partial charge is 0.278 e. The van der Waals surface area contributed by atoms with Crippen LogP contribution in [0.3, 0.4) is 0 Å². The highest BCUT2D eigenvalue weighted by Crippen LogP contribution is 2.35. The molecule has 140 valence electrons. The van der Waals surface area contributed by atoms with Crippen molar-refractivity contribution in [1.82, 2.24) is 4.90 Å². The SMILES string of the molecule is CCN1C(=O)C(Nc2ccc(C(C)C)cc2)=C(c2ccc(Cl)cc2Cl)C1=O. The molecule has 1 heterocycles. The number of benzene rings is 2. The predicted octanol–water partition coefficient (Wildman–Crippen LogP) is 5.33. The largest absolute Gasteiger partial charge is 0.350 e. The number of hydrogen-bond donors (Lipinski definition) is 1. The van der Waals surface area contributed by atoms with Gasteiger partial charge in [0, 0.05) is 22.8 Å². The highest BCUT2D eigenvalue weighted by atomic mass is 35.5. The second-order valence-corrected chi connectivity index (χ2v) is 7.47. The van der Waals surface area contributed by atoms with Crippen LogP contribution in [0.5, 0.6) is 0 Å². The quantitative estimate of drug-likeness (QED) is 0.687. The van der Waals surface area contributed by atoms with Crippen LogP contribution < -0.4 is 5.32 Å². The molecule has 1 N–H and O–H groups in total. The molecule has 1 aliphatic heterocycles. The molecule has 2 aromatic carbocycles. The van der Waals surface area contributed by atoms with Crippen LogP contribution in [0, 0.1) is 0 Å². The van der Waals surface area contributed by atoms with Gasteiger partial charge in [0.05, 0.1) is 10.6 Å². The van der Waals surface area contributed by atoms with E-state index in [0.717, 1.165) is 5.69 Å². The zero-order valence-electron chi connectivity index (χ0n) is 15.3. The van der Waals surface area contributed by atoms with Gasteiger partial charge >= 0.3 is 0 Å². The van der Waals surface area contributed by atoms with E-state index in [4.69, 9.17) is 23.2 Å². The lowest BCUT2D eigenvalue weighted by atomic mass is 10.0. The first-order chi connectivity index (χ1) is 12.8. The summed E-state index contributed by atoms with van der Waals surface area (Å²) in [6, 6.07) is 12.7. The van der Waals surface area contributed by atoms with Gasteiger partial charge in [0.2, 0.25) is 0 Å². The van der Waals surface area contributed by atoms with Crippen molar-refractivity contribution in [2.75, 3.05) is 11.9 Å². The average molecular weight is 403 g/mol. The monoisotopic (exact) mass is 402 g/mol. The number of halogens is 2. The van der Waals surface area contributed by atoms with Crippen LogP contribution in [0.4, 0.5) is 5.69 Å². The maximum atomic E-state index is 12.8. The maximum Gasteiger partial charge on any atom is 0.278 e. The van der Waals surface area contributed by atoms with Gasteiger partial charge in [0.1, 0.15) is 5.70 Å². The molecule has 6 heteroatoms. The Balaban J connectivity index is 2.07. The van der Waals surface area contributed by atoms with E-state index in [-0.39, 0.29) is 29.6 Å². The highest BCUT2D eigenvalue weighted by molar-refractivity contribution is 6.41. The average Bonchev–Trinajstić information content (AvgIpc) is 2.85. The molecule has 4 nitrogen and oxygen atoms in total. The second kappa shape index (κ2) is 7.75. The number of carbonyl (C=O) groups excluding carboxylic acids is 2. The Bertz CT molecular complexity index is 934. The van der Waals surface area contributed by atoms with Crippen molar-refractivity contribution in [1.29, 1.82) is 0 Å². The van der Waals surface area contributed by atoms with Crippen LogP contribution in [0.2, 0.25) is 10.0 Å². The number of amides is 2. The van der Waals surface area contributed by atoms with Gasteiger partial charge in [-0.15, -0.1) is 0 Å². The summed E-state index contributed by atoms with van der Waals surface area (Å²) in [4.78, 5) is 26.8. The van der Waals surface area contributed by atoms with Crippen molar-refractivity contribution < 1.29 is 9.59 Å². The number of rotatable bonds is 5. The molecule has 1 aliphatic rings. The molecule has 0 saturated carbocycles. The van der Waals surface area contributed by atoms with Crippen molar-refractivity contribution in [3.8, 4) is 0 Å². The van der Waals surface area contributed by atoms with E-state index in [1.165, 1.54) is 10.5 Å². The summed E-state index contributed by atoms with van der Waals surface area (Å²) in [6.07, 6.45) is 0. The molecule has 3 rings (SSSR count). The Morgan fingerprint density at radius 1 is 1.00 bits per heavy atom. The Hall–Kier alpha value is -2.30. The van der Waals surface area contributed by atoms with E-state index in [0.29, 0.717) is 21.5 Å². The van der Waals surface area contributed by atoms with Crippen LogP contribution in [0.15, 0.2) is 48.2 Å². The van der Waals surface area contributed by atoms with Crippen LogP contribution in [-0.4, -0.2) is 23.3 Å². The van der Waals surface area contributed by atoms with E-state index >= 15 is 0 Å². The number of nitrogens with zero attached hydrogens (tertiary/aromatic N) is 1. The number of anilines is 1. The first kappa shape index (κ1) is 19.5. The second-order valence-electron chi connectivity index (χ2n) is 6.63. The van der Waals surface area contributed by atoms with E-state index in [9.17, 15) is 9.59 Å². The molecule has 0 aliphatic carbocycles. The van der Waals surface area contributed by atoms with E-state index in [2.05, 4.69) is 19.2 Å². The zero-order valence-corrected chi connectivity index (χ0v) is 16.9. The van der Waals surface area contributed by atoms with E-state index in [1.807, 2.05) is 24.3 Å². The molecule has 2 amide bonds. The lowest BCUT2D eigenvalue weighted by Gasteiger charge is -2.12. The third kappa shape index (κ3) is 3.73. The first-order valence-corrected chi connectivity index (χ1v) is 9.52. The molecule has 0 atom stereocenters. The summed E-state index contributed by atoms with van der Waals surface area (Å²) in [5.41, 5.74) is 2.90. The molecule has 0 fully saturated rings. The maximum absolute atomic E-state index is 12.8. The third-order valence-electron chi connectivity index (χ3n) is 4.53. The predicted molar refractivity (Wildman–Crippen MR) is 110 cm³/mol. The molecule has 0 bridgehead atoms. The van der Waals surface area contributed by atoms with Gasteiger partial charge in [0.15, 0.2) is 0 Å². The summed E-state index contributed by atoms with van der Waals surface area (Å²) in [5.74, 6) is -0.323. The van der Waals surface area contributed by atoms with Crippen molar-refractivity contribution in [2.24, 2.45) is 0 Å². The van der Waals surface area contributed by atoms with Gasteiger partial charge in [0.25, 0.3) is 11.8 Å². The minimum absolute atomic E-state index is 0.225. The van der Waals surface area contributed by atoms with Crippen LogP contribution in [0.25, 0.3) is 5.57 Å². The molecule has 0 aromatic heterocycles. The normalized spacial score (nSPS) is 14.5. The summed E-state index contributed by atoms with van der Waals surface area (Å²) in [5, 5.41) is 3.91. The number of hydrogen-bond acceptors (Lipinski definition) is 3. The Labute approximate surface area is 168 Å². The third-order valence-corrected chi connectivity index (χ3v) is 5.08. The zero-order chi connectivity index (χ0) is 19.7. The van der Waals surface area contributed by atoms with Gasteiger partial charge < -0.3 is 5.32 Å². The molecule has 0 saturated heterocycles. The summed E-state index contributed by atoms with van der Waals surface area (Å²) in [6.45, 7) is 6.27. The molecule has 0 radical (unpaired) electrons. The molecule has 2 aromatic rings. The fraction of sp³-hybridized carbons (Fsp3) is 0.238. The molecule has 0 spiro atoms. The van der Waals surface area contributed by atoms with Crippen molar-refractivity contribution >= 4 is 46.3 Å². The molecular formula is C21H20Cl2N2O2. The van der Waals surface area contributed by atoms with Gasteiger partial charge in [-0.2, -0.15) is 0 Å². The van der Waals surface area contributed by atoms with Crippen molar-refractivity contribution in [3.63, 3.8) is 0 Å². The fourth-order valence-corrected chi connectivity index (χ4v) is 3.52. The highest BCUT2D eigenvalue weighted by Gasteiger charge is 2.39. The lowest BCUT2D eigenvalue weighted by molar-refractivity contribution is -0.136. The van der Waals surface area contributed by atoms with Crippen LogP contribution in [0.1, 0.15) is 37.8 Å². The summed E-state index contributed by atoms with van der Waals surface area (Å²) in [7, 11) is 0. The summed E-state index contributed by atoms with van der Waals surface area (Å²) < 4.78 is 0. The van der Waals surface area contributed by atoms with Crippen molar-refractivity contribution in [3.05, 3.63) is 69.3 Å². The molecule has 0 unspecified atom stereocenters.